The van der Waals surface area contributed by atoms with E-state index in [-0.39, 0.29) is 5.91 Å². The summed E-state index contributed by atoms with van der Waals surface area (Å²) in [5, 5.41) is 4.08. The van der Waals surface area contributed by atoms with Crippen molar-refractivity contribution in [3.05, 3.63) is 76.3 Å². The van der Waals surface area contributed by atoms with Gasteiger partial charge in [0.2, 0.25) is 5.91 Å². The van der Waals surface area contributed by atoms with Crippen molar-refractivity contribution in [2.24, 2.45) is 0 Å². The van der Waals surface area contributed by atoms with E-state index in [1.165, 1.54) is 21.6 Å². The molecular weight excluding hydrogens is 396 g/mol. The Hall–Kier alpha value is -2.11. The van der Waals surface area contributed by atoms with E-state index in [4.69, 9.17) is 4.98 Å². The molecule has 3 nitrogen and oxygen atoms in total. The molecule has 1 aromatic heterocycles. The van der Waals surface area contributed by atoms with Gasteiger partial charge in [-0.05, 0) is 37.3 Å². The molecule has 0 radical (unpaired) electrons. The van der Waals surface area contributed by atoms with Crippen LogP contribution >= 0.6 is 23.1 Å². The van der Waals surface area contributed by atoms with Crippen molar-refractivity contribution in [2.75, 3.05) is 12.3 Å². The first-order chi connectivity index (χ1) is 14.2. The molecule has 3 rings (SSSR count). The van der Waals surface area contributed by atoms with Crippen molar-refractivity contribution in [3.63, 3.8) is 0 Å². The van der Waals surface area contributed by atoms with Gasteiger partial charge in [0, 0.05) is 22.7 Å². The molecule has 0 unspecified atom stereocenters. The fourth-order valence-electron chi connectivity index (χ4n) is 3.02. The average molecular weight is 425 g/mol. The van der Waals surface area contributed by atoms with Crippen LogP contribution in [0.15, 0.2) is 54.6 Å². The third-order valence-electron chi connectivity index (χ3n) is 4.78. The van der Waals surface area contributed by atoms with Crippen LogP contribution in [0, 0.1) is 6.92 Å². The van der Waals surface area contributed by atoms with Crippen LogP contribution in [0.1, 0.15) is 35.0 Å². The summed E-state index contributed by atoms with van der Waals surface area (Å²) in [7, 11) is 0. The highest BCUT2D eigenvalue weighted by atomic mass is 32.2. The van der Waals surface area contributed by atoms with Gasteiger partial charge < -0.3 is 5.32 Å². The van der Waals surface area contributed by atoms with Gasteiger partial charge in [-0.3, -0.25) is 4.79 Å². The van der Waals surface area contributed by atoms with Gasteiger partial charge in [-0.25, -0.2) is 4.98 Å². The SMILES string of the molecule is CCc1ccc(-c2nc(C)c(CSCC(=O)NCCCc3ccccc3)s2)cc1. The molecule has 0 spiro atoms. The van der Waals surface area contributed by atoms with E-state index in [0.29, 0.717) is 5.75 Å². The second kappa shape index (κ2) is 11.2. The number of hydrogen-bond donors (Lipinski definition) is 1. The van der Waals surface area contributed by atoms with E-state index in [2.05, 4.69) is 67.7 Å². The molecule has 29 heavy (non-hydrogen) atoms. The van der Waals surface area contributed by atoms with E-state index in [1.54, 1.807) is 23.1 Å². The lowest BCUT2D eigenvalue weighted by Crippen LogP contribution is -2.26. The molecule has 0 bridgehead atoms. The normalized spacial score (nSPS) is 10.8. The summed E-state index contributed by atoms with van der Waals surface area (Å²) in [6.07, 6.45) is 3.01. The van der Waals surface area contributed by atoms with Crippen LogP contribution in [0.4, 0.5) is 0 Å². The maximum Gasteiger partial charge on any atom is 0.230 e. The van der Waals surface area contributed by atoms with Gasteiger partial charge in [0.15, 0.2) is 0 Å². The molecule has 0 aliphatic heterocycles. The molecule has 2 aromatic carbocycles. The van der Waals surface area contributed by atoms with Crippen LogP contribution in [0.25, 0.3) is 10.6 Å². The van der Waals surface area contributed by atoms with Crippen molar-refractivity contribution in [1.82, 2.24) is 10.3 Å². The minimum absolute atomic E-state index is 0.112. The van der Waals surface area contributed by atoms with Crippen LogP contribution in [0.3, 0.4) is 0 Å². The number of aryl methyl sites for hydroxylation is 3. The van der Waals surface area contributed by atoms with Crippen LogP contribution in [-0.4, -0.2) is 23.2 Å². The van der Waals surface area contributed by atoms with Gasteiger partial charge in [-0.1, -0.05) is 61.5 Å². The standard InChI is InChI=1S/C24H28N2OS2/c1-3-19-11-13-21(14-12-19)24-26-18(2)22(29-24)16-28-17-23(27)25-15-7-10-20-8-5-4-6-9-20/h4-6,8-9,11-14H,3,7,10,15-17H2,1-2H3,(H,25,27). The first-order valence-electron chi connectivity index (χ1n) is 10.1. The average Bonchev–Trinajstić information content (AvgIpc) is 3.12. The molecule has 0 aliphatic rings. The Morgan fingerprint density at radius 1 is 1.07 bits per heavy atom. The number of thiazole rings is 1. The Bertz CT molecular complexity index is 904. The Labute approximate surface area is 182 Å². The Morgan fingerprint density at radius 2 is 1.83 bits per heavy atom. The zero-order valence-electron chi connectivity index (χ0n) is 17.1. The summed E-state index contributed by atoms with van der Waals surface area (Å²) in [5.74, 6) is 1.43. The number of carbonyl (C=O) groups excluding carboxylic acids is 1. The highest BCUT2D eigenvalue weighted by Gasteiger charge is 2.10. The molecular formula is C24H28N2OS2. The minimum atomic E-state index is 0.112. The van der Waals surface area contributed by atoms with Crippen LogP contribution in [0.5, 0.6) is 0 Å². The highest BCUT2D eigenvalue weighted by Crippen LogP contribution is 2.30. The van der Waals surface area contributed by atoms with Gasteiger partial charge >= 0.3 is 0 Å². The molecule has 3 aromatic rings. The minimum Gasteiger partial charge on any atom is -0.355 e. The molecule has 0 saturated carbocycles. The topological polar surface area (TPSA) is 42.0 Å². The zero-order chi connectivity index (χ0) is 20.5. The Balaban J connectivity index is 1.39. The van der Waals surface area contributed by atoms with E-state index in [9.17, 15) is 4.79 Å². The number of nitrogens with zero attached hydrogens (tertiary/aromatic N) is 1. The third-order valence-corrected chi connectivity index (χ3v) is 7.12. The summed E-state index contributed by atoms with van der Waals surface area (Å²) < 4.78 is 0. The maximum atomic E-state index is 12.1. The number of aromatic nitrogens is 1. The summed E-state index contributed by atoms with van der Waals surface area (Å²) in [5.41, 5.74) is 4.90. The number of benzene rings is 2. The highest BCUT2D eigenvalue weighted by molar-refractivity contribution is 7.99. The number of amides is 1. The van der Waals surface area contributed by atoms with Gasteiger partial charge in [-0.15, -0.1) is 23.1 Å². The molecule has 0 atom stereocenters. The van der Waals surface area contributed by atoms with Gasteiger partial charge in [0.05, 0.1) is 11.4 Å². The van der Waals surface area contributed by atoms with E-state index >= 15 is 0 Å². The van der Waals surface area contributed by atoms with Gasteiger partial charge in [-0.2, -0.15) is 0 Å². The Kier molecular flexibility index (Phi) is 8.32. The lowest BCUT2D eigenvalue weighted by molar-refractivity contribution is -0.118. The van der Waals surface area contributed by atoms with Crippen molar-refractivity contribution < 1.29 is 4.79 Å². The number of nitrogens with one attached hydrogen (secondary N) is 1. The molecule has 5 heteroatoms. The third kappa shape index (κ3) is 6.72. The first-order valence-corrected chi connectivity index (χ1v) is 12.1. The molecule has 152 valence electrons. The number of thioether (sulfide) groups is 1. The number of rotatable bonds is 10. The van der Waals surface area contributed by atoms with Crippen molar-refractivity contribution >= 4 is 29.0 Å². The van der Waals surface area contributed by atoms with Crippen molar-refractivity contribution in [1.29, 1.82) is 0 Å². The second-order valence-corrected chi connectivity index (χ2v) is 9.08. The molecule has 1 amide bonds. The molecule has 1 heterocycles. The number of hydrogen-bond acceptors (Lipinski definition) is 4. The van der Waals surface area contributed by atoms with Crippen LogP contribution in [0.2, 0.25) is 0 Å². The predicted octanol–water partition coefficient (Wildman–Crippen LogP) is 5.66. The van der Waals surface area contributed by atoms with Crippen molar-refractivity contribution in [2.45, 2.75) is 38.9 Å². The summed E-state index contributed by atoms with van der Waals surface area (Å²) in [6, 6.07) is 19.0. The van der Waals surface area contributed by atoms with Crippen LogP contribution < -0.4 is 5.32 Å². The van der Waals surface area contributed by atoms with E-state index < -0.39 is 0 Å². The molecule has 0 fully saturated rings. The van der Waals surface area contributed by atoms with E-state index in [1.807, 2.05) is 6.07 Å². The van der Waals surface area contributed by atoms with Crippen LogP contribution in [-0.2, 0) is 23.4 Å². The van der Waals surface area contributed by atoms with Gasteiger partial charge in [0.25, 0.3) is 0 Å². The molecule has 0 aliphatic carbocycles. The zero-order valence-corrected chi connectivity index (χ0v) is 18.7. The smallest absolute Gasteiger partial charge is 0.230 e. The summed E-state index contributed by atoms with van der Waals surface area (Å²) >= 11 is 3.39. The first kappa shape index (κ1) is 21.6. The molecule has 0 saturated heterocycles. The monoisotopic (exact) mass is 424 g/mol. The quantitative estimate of drug-likeness (QED) is 0.427. The number of carbonyl (C=O) groups is 1. The fraction of sp³-hybridized carbons (Fsp3) is 0.333. The van der Waals surface area contributed by atoms with Crippen molar-refractivity contribution in [3.8, 4) is 10.6 Å². The van der Waals surface area contributed by atoms with Gasteiger partial charge in [0.1, 0.15) is 5.01 Å². The Morgan fingerprint density at radius 3 is 2.55 bits per heavy atom. The maximum absolute atomic E-state index is 12.1. The lowest BCUT2D eigenvalue weighted by Gasteiger charge is -2.05. The lowest BCUT2D eigenvalue weighted by atomic mass is 10.1. The fourth-order valence-corrected chi connectivity index (χ4v) is 5.15. The predicted molar refractivity (Wildman–Crippen MR) is 126 cm³/mol. The molecule has 1 N–H and O–H groups in total. The largest absolute Gasteiger partial charge is 0.355 e. The summed E-state index contributed by atoms with van der Waals surface area (Å²) in [6.45, 7) is 4.95. The van der Waals surface area contributed by atoms with E-state index in [0.717, 1.165) is 42.3 Å². The summed E-state index contributed by atoms with van der Waals surface area (Å²) in [4.78, 5) is 18.1. The second-order valence-electron chi connectivity index (χ2n) is 7.01.